The number of amides is 7. The van der Waals surface area contributed by atoms with E-state index in [4.69, 9.17) is 17.2 Å². The number of benzene rings is 1. The highest BCUT2D eigenvalue weighted by molar-refractivity contribution is 7.80. The maximum atomic E-state index is 13.4. The van der Waals surface area contributed by atoms with Crippen molar-refractivity contribution in [3.8, 4) is 0 Å². The maximum Gasteiger partial charge on any atom is 0.247 e. The molecule has 0 aliphatic carbocycles. The molecule has 0 saturated carbocycles. The molecular weight excluding hydrogens is 584 g/mol. The van der Waals surface area contributed by atoms with Gasteiger partial charge in [-0.25, -0.2) is 0 Å². The average molecular weight is 621 g/mol. The van der Waals surface area contributed by atoms with Gasteiger partial charge in [0.2, 0.25) is 41.4 Å². The molecule has 12 N–H and O–H groups in total. The summed E-state index contributed by atoms with van der Waals surface area (Å²) < 4.78 is 0. The van der Waals surface area contributed by atoms with Crippen molar-refractivity contribution in [2.24, 2.45) is 22.2 Å². The third-order valence-corrected chi connectivity index (χ3v) is 6.36. The molecule has 1 aliphatic rings. The number of aliphatic imine (C=N–C) groups is 1. The van der Waals surface area contributed by atoms with E-state index in [1.54, 1.807) is 30.3 Å². The molecule has 1 saturated heterocycles. The topological polar surface area (TPSA) is 282 Å². The van der Waals surface area contributed by atoms with Crippen LogP contribution in [0.5, 0.6) is 0 Å². The van der Waals surface area contributed by atoms with E-state index in [1.807, 2.05) is 0 Å². The van der Waals surface area contributed by atoms with Gasteiger partial charge in [0.1, 0.15) is 24.2 Å². The molecule has 1 aromatic rings. The maximum absolute atomic E-state index is 13.4. The Bertz CT molecular complexity index is 1230. The van der Waals surface area contributed by atoms with E-state index in [9.17, 15) is 33.6 Å². The van der Waals surface area contributed by atoms with Crippen LogP contribution in [0, 0.1) is 0 Å². The fourth-order valence-electron chi connectivity index (χ4n) is 3.89. The summed E-state index contributed by atoms with van der Waals surface area (Å²) in [5, 5.41) is 14.5. The van der Waals surface area contributed by atoms with Gasteiger partial charge in [0.25, 0.3) is 0 Å². The van der Waals surface area contributed by atoms with Crippen LogP contribution in [-0.2, 0) is 33.6 Å². The van der Waals surface area contributed by atoms with Gasteiger partial charge in [0, 0.05) is 12.3 Å². The molecule has 4 atom stereocenters. The number of rotatable bonds is 8. The van der Waals surface area contributed by atoms with Crippen LogP contribution in [0.2, 0.25) is 0 Å². The van der Waals surface area contributed by atoms with Gasteiger partial charge in [-0.2, -0.15) is 12.6 Å². The largest absolute Gasteiger partial charge is 0.370 e. The minimum Gasteiger partial charge on any atom is -0.370 e. The van der Waals surface area contributed by atoms with Gasteiger partial charge >= 0.3 is 0 Å². The van der Waals surface area contributed by atoms with Crippen molar-refractivity contribution in [3.63, 3.8) is 0 Å². The SMILES string of the molecule is NC(=O)C[C@@H]1NC(=O)CNC(=O)[C@H](CS)NC(=O)C(c2ccccc2)NC(=O)[C@H](CCCN=C(N)N)NC(=O)CNC1=O. The number of primary amides is 1. The fraction of sp³-hybridized carbons (Fsp3) is 0.440. The molecular formula is C25H36N10O7S. The lowest BCUT2D eigenvalue weighted by atomic mass is 10.0. The number of nitrogens with one attached hydrogen (secondary N) is 6. The normalized spacial score (nSPS) is 22.7. The number of carbonyl (C=O) groups excluding carboxylic acids is 7. The van der Waals surface area contributed by atoms with Gasteiger partial charge in [-0.15, -0.1) is 0 Å². The van der Waals surface area contributed by atoms with Crippen LogP contribution in [0.4, 0.5) is 0 Å². The Kier molecular flexibility index (Phi) is 13.7. The van der Waals surface area contributed by atoms with E-state index in [1.165, 1.54) is 0 Å². The molecule has 1 unspecified atom stereocenters. The third-order valence-electron chi connectivity index (χ3n) is 6.00. The molecule has 0 radical (unpaired) electrons. The fourth-order valence-corrected chi connectivity index (χ4v) is 4.15. The first kappa shape index (κ1) is 34.3. The molecule has 1 fully saturated rings. The second kappa shape index (κ2) is 17.2. The summed E-state index contributed by atoms with van der Waals surface area (Å²) in [6.45, 7) is -1.12. The lowest BCUT2D eigenvalue weighted by Gasteiger charge is -2.26. The van der Waals surface area contributed by atoms with Crippen LogP contribution in [0.3, 0.4) is 0 Å². The van der Waals surface area contributed by atoms with Gasteiger partial charge in [-0.05, 0) is 18.4 Å². The standard InChI is InChI=1S/C25H36N10O7S/c26-17(36)9-15-21(39)30-10-18(37)32-14(7-4-8-29-25(27)28)23(41)35-20(13-5-2-1-3-6-13)24(42)34-16(12-43)22(40)31-11-19(38)33-15/h1-3,5-6,14-16,20,43H,4,7-12H2,(H2,26,36)(H,30,39)(H,31,40)(H,32,37)(H,33,38)(H,34,42)(H,35,41)(H4,27,28,29)/t14-,15-,16-,20?/m0/s1. The van der Waals surface area contributed by atoms with Crippen LogP contribution in [0.25, 0.3) is 0 Å². The monoisotopic (exact) mass is 620 g/mol. The number of guanidine groups is 1. The molecule has 1 aromatic carbocycles. The van der Waals surface area contributed by atoms with Crippen LogP contribution in [0.1, 0.15) is 30.9 Å². The Morgan fingerprint density at radius 3 is 1.91 bits per heavy atom. The summed E-state index contributed by atoms with van der Waals surface area (Å²) >= 11 is 4.12. The Balaban J connectivity index is 2.41. The minimum absolute atomic E-state index is 0.0352. The summed E-state index contributed by atoms with van der Waals surface area (Å²) in [5.74, 6) is -6.10. The number of hydrogen-bond donors (Lipinski definition) is 10. The molecule has 0 bridgehead atoms. The smallest absolute Gasteiger partial charge is 0.247 e. The van der Waals surface area contributed by atoms with Crippen molar-refractivity contribution in [3.05, 3.63) is 35.9 Å². The van der Waals surface area contributed by atoms with Crippen molar-refractivity contribution >= 4 is 59.9 Å². The number of thiol groups is 1. The summed E-state index contributed by atoms with van der Waals surface area (Å²) in [7, 11) is 0. The second-order valence-electron chi connectivity index (χ2n) is 9.39. The Hall–Kier alpha value is -4.87. The molecule has 234 valence electrons. The molecule has 1 heterocycles. The number of nitrogens with zero attached hydrogens (tertiary/aromatic N) is 1. The predicted molar refractivity (Wildman–Crippen MR) is 157 cm³/mol. The summed E-state index contributed by atoms with van der Waals surface area (Å²) in [6, 6.07) is 2.97. The van der Waals surface area contributed by atoms with Crippen LogP contribution in [0.15, 0.2) is 35.3 Å². The molecule has 7 amide bonds. The summed E-state index contributed by atoms with van der Waals surface area (Å²) in [6.07, 6.45) is -0.313. The van der Waals surface area contributed by atoms with E-state index < -0.39 is 85.0 Å². The number of nitrogens with two attached hydrogens (primary N) is 3. The van der Waals surface area contributed by atoms with E-state index in [2.05, 4.69) is 49.5 Å². The highest BCUT2D eigenvalue weighted by atomic mass is 32.1. The molecule has 43 heavy (non-hydrogen) atoms. The Morgan fingerprint density at radius 1 is 0.767 bits per heavy atom. The van der Waals surface area contributed by atoms with Crippen molar-refractivity contribution in [2.45, 2.75) is 43.4 Å². The lowest BCUT2D eigenvalue weighted by Crippen LogP contribution is -2.57. The predicted octanol–water partition coefficient (Wildman–Crippen LogP) is -4.60. The van der Waals surface area contributed by atoms with Gasteiger partial charge in [-0.3, -0.25) is 38.6 Å². The van der Waals surface area contributed by atoms with Gasteiger partial charge in [0.15, 0.2) is 5.96 Å². The molecule has 0 aromatic heterocycles. The number of carbonyl (C=O) groups is 7. The Morgan fingerprint density at radius 2 is 1.35 bits per heavy atom. The van der Waals surface area contributed by atoms with Gasteiger partial charge in [-0.1, -0.05) is 30.3 Å². The second-order valence-corrected chi connectivity index (χ2v) is 9.76. The highest BCUT2D eigenvalue weighted by Gasteiger charge is 2.31. The minimum atomic E-state index is -1.46. The highest BCUT2D eigenvalue weighted by Crippen LogP contribution is 2.14. The van der Waals surface area contributed by atoms with Crippen molar-refractivity contribution in [1.82, 2.24) is 31.9 Å². The van der Waals surface area contributed by atoms with E-state index in [0.717, 1.165) is 0 Å². The van der Waals surface area contributed by atoms with Crippen molar-refractivity contribution in [2.75, 3.05) is 25.4 Å². The van der Waals surface area contributed by atoms with E-state index in [-0.39, 0.29) is 31.1 Å². The quantitative estimate of drug-likeness (QED) is 0.0578. The van der Waals surface area contributed by atoms with Crippen molar-refractivity contribution < 1.29 is 33.6 Å². The molecule has 0 spiro atoms. The molecule has 1 aliphatic heterocycles. The summed E-state index contributed by atoms with van der Waals surface area (Å²) in [5.41, 5.74) is 16.3. The molecule has 18 heteroatoms. The first-order valence-electron chi connectivity index (χ1n) is 13.2. The zero-order chi connectivity index (χ0) is 31.9. The van der Waals surface area contributed by atoms with E-state index >= 15 is 0 Å². The zero-order valence-corrected chi connectivity index (χ0v) is 24.0. The average Bonchev–Trinajstić information content (AvgIpc) is 2.96. The van der Waals surface area contributed by atoms with Gasteiger partial charge in [0.05, 0.1) is 19.5 Å². The first-order chi connectivity index (χ1) is 20.4. The number of hydrogen-bond acceptors (Lipinski definition) is 9. The molecule has 2 rings (SSSR count). The summed E-state index contributed by atoms with van der Waals surface area (Å²) in [4.78, 5) is 92.8. The molecule has 17 nitrogen and oxygen atoms in total. The van der Waals surface area contributed by atoms with E-state index in [0.29, 0.717) is 5.56 Å². The first-order valence-corrected chi connectivity index (χ1v) is 13.8. The Labute approximate surface area is 252 Å². The lowest BCUT2D eigenvalue weighted by molar-refractivity contribution is -0.135. The zero-order valence-electron chi connectivity index (χ0n) is 23.1. The van der Waals surface area contributed by atoms with Crippen LogP contribution >= 0.6 is 12.6 Å². The van der Waals surface area contributed by atoms with Gasteiger partial charge < -0.3 is 49.1 Å². The van der Waals surface area contributed by atoms with Crippen LogP contribution < -0.4 is 49.1 Å². The third kappa shape index (κ3) is 11.9. The van der Waals surface area contributed by atoms with Crippen molar-refractivity contribution in [1.29, 1.82) is 0 Å². The van der Waals surface area contributed by atoms with Crippen LogP contribution in [-0.4, -0.2) is 90.8 Å².